The number of rotatable bonds is 7. The van der Waals surface area contributed by atoms with E-state index in [1.807, 2.05) is 48.5 Å². The van der Waals surface area contributed by atoms with Gasteiger partial charge in [-0.25, -0.2) is 4.79 Å². The van der Waals surface area contributed by atoms with Gasteiger partial charge in [0.2, 0.25) is 0 Å². The Labute approximate surface area is 192 Å². The molecule has 2 aromatic carbocycles. The van der Waals surface area contributed by atoms with Crippen LogP contribution < -0.4 is 5.32 Å². The topological polar surface area (TPSA) is 64.6 Å². The molecule has 0 fully saturated rings. The molecule has 5 heteroatoms. The minimum absolute atomic E-state index is 0.106. The van der Waals surface area contributed by atoms with Crippen LogP contribution in [0.2, 0.25) is 0 Å². The Kier molecular flexibility index (Phi) is 8.11. The number of hydrogen-bond acceptors (Lipinski definition) is 4. The molecule has 2 rings (SSSR count). The fourth-order valence-electron chi connectivity index (χ4n) is 4.30. The Balaban J connectivity index is 2.48. The van der Waals surface area contributed by atoms with Crippen molar-refractivity contribution in [1.29, 1.82) is 0 Å². The van der Waals surface area contributed by atoms with Crippen LogP contribution in [0.4, 0.5) is 4.79 Å². The third-order valence-corrected chi connectivity index (χ3v) is 5.24. The predicted octanol–water partition coefficient (Wildman–Crippen LogP) is 5.39. The maximum Gasteiger partial charge on any atom is 0.407 e. The number of benzene rings is 2. The average molecular weight is 440 g/mol. The fraction of sp³-hybridized carbons (Fsp3) is 0.481. The van der Waals surface area contributed by atoms with E-state index in [1.165, 1.54) is 7.11 Å². The molecular weight excluding hydrogens is 402 g/mol. The minimum Gasteiger partial charge on any atom is -0.469 e. The van der Waals surface area contributed by atoms with Gasteiger partial charge in [-0.1, -0.05) is 58.7 Å². The third-order valence-electron chi connectivity index (χ3n) is 5.24. The zero-order valence-electron chi connectivity index (χ0n) is 20.7. The SMILES string of the molecule is COC(=O)C(CNC(=O)OC(C)(C)C)(Cc1cc(C)cc(C)c1)Cc1cc(C)cc(C)c1. The van der Waals surface area contributed by atoms with Crippen molar-refractivity contribution in [3.63, 3.8) is 0 Å². The van der Waals surface area contributed by atoms with Crippen molar-refractivity contribution in [2.24, 2.45) is 5.41 Å². The first-order chi connectivity index (χ1) is 14.8. The average Bonchev–Trinajstić information content (AvgIpc) is 2.62. The molecule has 0 saturated carbocycles. The third kappa shape index (κ3) is 7.40. The van der Waals surface area contributed by atoms with Crippen LogP contribution in [0.1, 0.15) is 54.2 Å². The lowest BCUT2D eigenvalue weighted by molar-refractivity contribution is -0.152. The van der Waals surface area contributed by atoms with Gasteiger partial charge in [0.15, 0.2) is 0 Å². The van der Waals surface area contributed by atoms with Crippen molar-refractivity contribution in [2.45, 2.75) is 66.9 Å². The van der Waals surface area contributed by atoms with Gasteiger partial charge in [0.05, 0.1) is 12.5 Å². The predicted molar refractivity (Wildman–Crippen MR) is 128 cm³/mol. The lowest BCUT2D eigenvalue weighted by Gasteiger charge is -2.32. The molecule has 0 aliphatic rings. The highest BCUT2D eigenvalue weighted by Crippen LogP contribution is 2.31. The summed E-state index contributed by atoms with van der Waals surface area (Å²) in [5, 5.41) is 2.83. The minimum atomic E-state index is -0.980. The highest BCUT2D eigenvalue weighted by atomic mass is 16.6. The van der Waals surface area contributed by atoms with Crippen LogP contribution in [0.5, 0.6) is 0 Å². The summed E-state index contributed by atoms with van der Waals surface area (Å²) in [6, 6.07) is 12.5. The number of carbonyl (C=O) groups is 2. The first-order valence-corrected chi connectivity index (χ1v) is 11.0. The molecule has 0 aliphatic heterocycles. The van der Waals surface area contributed by atoms with Crippen molar-refractivity contribution in [3.05, 3.63) is 69.8 Å². The molecule has 0 radical (unpaired) electrons. The van der Waals surface area contributed by atoms with E-state index in [0.29, 0.717) is 12.8 Å². The van der Waals surface area contributed by atoms with Gasteiger partial charge in [0.1, 0.15) is 5.60 Å². The number of esters is 1. The van der Waals surface area contributed by atoms with E-state index < -0.39 is 17.1 Å². The van der Waals surface area contributed by atoms with Crippen molar-refractivity contribution >= 4 is 12.1 Å². The van der Waals surface area contributed by atoms with Crippen LogP contribution in [-0.2, 0) is 27.1 Å². The van der Waals surface area contributed by atoms with E-state index in [2.05, 4.69) is 41.7 Å². The van der Waals surface area contributed by atoms with Crippen LogP contribution in [0.15, 0.2) is 36.4 Å². The van der Waals surface area contributed by atoms with Gasteiger partial charge in [-0.2, -0.15) is 0 Å². The summed E-state index contributed by atoms with van der Waals surface area (Å²) in [6.45, 7) is 13.7. The van der Waals surface area contributed by atoms with Crippen molar-refractivity contribution in [1.82, 2.24) is 5.32 Å². The molecule has 0 saturated heterocycles. The Morgan fingerprint density at radius 3 is 1.53 bits per heavy atom. The number of aryl methyl sites for hydroxylation is 4. The van der Waals surface area contributed by atoms with Crippen molar-refractivity contribution in [3.8, 4) is 0 Å². The van der Waals surface area contributed by atoms with Crippen LogP contribution in [0, 0.1) is 33.1 Å². The second kappa shape index (κ2) is 10.2. The first-order valence-electron chi connectivity index (χ1n) is 11.0. The van der Waals surface area contributed by atoms with E-state index in [4.69, 9.17) is 9.47 Å². The molecule has 0 aliphatic carbocycles. The van der Waals surface area contributed by atoms with E-state index in [-0.39, 0.29) is 12.5 Å². The molecule has 2 aromatic rings. The highest BCUT2D eigenvalue weighted by molar-refractivity contribution is 5.79. The quantitative estimate of drug-likeness (QED) is 0.588. The van der Waals surface area contributed by atoms with Crippen LogP contribution in [0.3, 0.4) is 0 Å². The summed E-state index contributed by atoms with van der Waals surface area (Å²) in [6.07, 6.45) is 0.322. The summed E-state index contributed by atoms with van der Waals surface area (Å²) in [5.41, 5.74) is 4.98. The largest absolute Gasteiger partial charge is 0.469 e. The lowest BCUT2D eigenvalue weighted by Crippen LogP contribution is -2.48. The van der Waals surface area contributed by atoms with Gasteiger partial charge in [-0.15, -0.1) is 0 Å². The summed E-state index contributed by atoms with van der Waals surface area (Å²) in [4.78, 5) is 25.7. The van der Waals surface area contributed by atoms with Gasteiger partial charge < -0.3 is 14.8 Å². The maximum absolute atomic E-state index is 13.3. The molecule has 5 nitrogen and oxygen atoms in total. The van der Waals surface area contributed by atoms with E-state index >= 15 is 0 Å². The van der Waals surface area contributed by atoms with E-state index in [9.17, 15) is 9.59 Å². The van der Waals surface area contributed by atoms with Gasteiger partial charge in [0, 0.05) is 6.54 Å². The molecule has 0 aromatic heterocycles. The number of hydrogen-bond donors (Lipinski definition) is 1. The molecular formula is C27H37NO4. The van der Waals surface area contributed by atoms with Crippen LogP contribution in [0.25, 0.3) is 0 Å². The first kappa shape index (κ1) is 25.4. The molecule has 0 spiro atoms. The molecule has 1 amide bonds. The number of carbonyl (C=O) groups excluding carboxylic acids is 2. The van der Waals surface area contributed by atoms with Crippen LogP contribution in [-0.4, -0.2) is 31.3 Å². The molecule has 1 N–H and O–H groups in total. The second-order valence-electron chi connectivity index (χ2n) is 9.97. The summed E-state index contributed by atoms with van der Waals surface area (Å²) in [5.74, 6) is -0.355. The summed E-state index contributed by atoms with van der Waals surface area (Å²) in [7, 11) is 1.40. The van der Waals surface area contributed by atoms with Gasteiger partial charge >= 0.3 is 12.1 Å². The normalized spacial score (nSPS) is 11.8. The number of ether oxygens (including phenoxy) is 2. The maximum atomic E-state index is 13.3. The Hall–Kier alpha value is -2.82. The second-order valence-corrected chi connectivity index (χ2v) is 9.97. The number of alkyl carbamates (subject to hydrolysis) is 1. The Bertz CT molecular complexity index is 878. The molecule has 0 bridgehead atoms. The van der Waals surface area contributed by atoms with Crippen molar-refractivity contribution in [2.75, 3.05) is 13.7 Å². The molecule has 32 heavy (non-hydrogen) atoms. The Morgan fingerprint density at radius 2 is 1.19 bits per heavy atom. The highest BCUT2D eigenvalue weighted by Gasteiger charge is 2.41. The monoisotopic (exact) mass is 439 g/mol. The molecule has 0 heterocycles. The zero-order chi connectivity index (χ0) is 24.1. The molecule has 0 atom stereocenters. The lowest BCUT2D eigenvalue weighted by atomic mass is 9.75. The fourth-order valence-corrected chi connectivity index (χ4v) is 4.30. The van der Waals surface area contributed by atoms with E-state index in [1.54, 1.807) is 0 Å². The molecule has 174 valence electrons. The standard InChI is InChI=1S/C27H37NO4/c1-18-9-19(2)12-22(11-18)15-27(24(29)31-8,17-28-25(30)32-26(5,6)7)16-23-13-20(3)10-21(4)14-23/h9-14H,15-17H2,1-8H3,(H,28,30). The summed E-state index contributed by atoms with van der Waals surface area (Å²) >= 11 is 0. The van der Waals surface area contributed by atoms with Gasteiger partial charge in [-0.05, 0) is 72.4 Å². The Morgan fingerprint density at radius 1 is 0.781 bits per heavy atom. The van der Waals surface area contributed by atoms with Crippen molar-refractivity contribution < 1.29 is 19.1 Å². The number of amides is 1. The van der Waals surface area contributed by atoms with Gasteiger partial charge in [-0.3, -0.25) is 4.79 Å². The zero-order valence-corrected chi connectivity index (χ0v) is 20.7. The smallest absolute Gasteiger partial charge is 0.407 e. The molecule has 0 unspecified atom stereocenters. The van der Waals surface area contributed by atoms with Gasteiger partial charge in [0.25, 0.3) is 0 Å². The number of methoxy groups -OCH3 is 1. The number of nitrogens with one attached hydrogen (secondary N) is 1. The van der Waals surface area contributed by atoms with Crippen LogP contribution >= 0.6 is 0 Å². The van der Waals surface area contributed by atoms with E-state index in [0.717, 1.165) is 33.4 Å². The summed E-state index contributed by atoms with van der Waals surface area (Å²) < 4.78 is 10.7.